The van der Waals surface area contributed by atoms with Crippen molar-refractivity contribution in [2.75, 3.05) is 12.0 Å². The van der Waals surface area contributed by atoms with Crippen LogP contribution in [0.15, 0.2) is 0 Å². The molecule has 0 aliphatic carbocycles. The fraction of sp³-hybridized carbons (Fsp3) is 0.818. The number of hydrogen-bond acceptors (Lipinski definition) is 3. The third kappa shape index (κ3) is 7.10. The first-order valence-corrected chi connectivity index (χ1v) is 7.06. The molecule has 2 atom stereocenters. The van der Waals surface area contributed by atoms with Crippen molar-refractivity contribution in [3.8, 4) is 0 Å². The molecular formula is C11H22N2O3S. The van der Waals surface area contributed by atoms with E-state index in [0.717, 1.165) is 0 Å². The summed E-state index contributed by atoms with van der Waals surface area (Å²) in [4.78, 5) is 22.5. The predicted molar refractivity (Wildman–Crippen MR) is 70.4 cm³/mol. The number of carbonyl (C=O) groups excluding carboxylic acids is 1. The lowest BCUT2D eigenvalue weighted by Gasteiger charge is -2.20. The minimum atomic E-state index is -0.994. The van der Waals surface area contributed by atoms with Crippen molar-refractivity contribution in [2.45, 2.75) is 39.3 Å². The summed E-state index contributed by atoms with van der Waals surface area (Å²) in [6.07, 6.45) is 2.33. The molecule has 100 valence electrons. The number of carbonyl (C=O) groups is 2. The summed E-state index contributed by atoms with van der Waals surface area (Å²) in [6.45, 7) is 5.88. The quantitative estimate of drug-likeness (QED) is 0.650. The molecular weight excluding hydrogens is 240 g/mol. The first-order chi connectivity index (χ1) is 7.88. The summed E-state index contributed by atoms with van der Waals surface area (Å²) < 4.78 is 0. The maximum absolute atomic E-state index is 11.5. The fourth-order valence-corrected chi connectivity index (χ4v) is 1.54. The van der Waals surface area contributed by atoms with E-state index in [9.17, 15) is 9.59 Å². The third-order valence-corrected chi connectivity index (χ3v) is 3.22. The second-order valence-corrected chi connectivity index (χ2v) is 5.31. The molecule has 0 bridgehead atoms. The van der Waals surface area contributed by atoms with Crippen LogP contribution < -0.4 is 10.6 Å². The van der Waals surface area contributed by atoms with Gasteiger partial charge in [0.25, 0.3) is 0 Å². The van der Waals surface area contributed by atoms with Gasteiger partial charge in [0.15, 0.2) is 0 Å². The minimum absolute atomic E-state index is 0.0185. The van der Waals surface area contributed by atoms with E-state index < -0.39 is 18.0 Å². The van der Waals surface area contributed by atoms with Crippen molar-refractivity contribution in [3.63, 3.8) is 0 Å². The summed E-state index contributed by atoms with van der Waals surface area (Å²) in [7, 11) is 0. The Morgan fingerprint density at radius 2 is 1.82 bits per heavy atom. The molecule has 0 radical (unpaired) electrons. The van der Waals surface area contributed by atoms with Gasteiger partial charge >= 0.3 is 12.0 Å². The number of amides is 2. The van der Waals surface area contributed by atoms with E-state index in [0.29, 0.717) is 18.1 Å². The van der Waals surface area contributed by atoms with Gasteiger partial charge in [0.05, 0.1) is 0 Å². The van der Waals surface area contributed by atoms with Gasteiger partial charge in [0, 0.05) is 6.04 Å². The van der Waals surface area contributed by atoms with Crippen LogP contribution in [0.3, 0.4) is 0 Å². The number of urea groups is 1. The number of hydrogen-bond donors (Lipinski definition) is 3. The molecule has 0 aliphatic rings. The monoisotopic (exact) mass is 262 g/mol. The smallest absolute Gasteiger partial charge is 0.326 e. The Morgan fingerprint density at radius 3 is 2.24 bits per heavy atom. The van der Waals surface area contributed by atoms with Crippen LogP contribution in [0.25, 0.3) is 0 Å². The molecule has 0 aromatic rings. The van der Waals surface area contributed by atoms with E-state index in [2.05, 4.69) is 10.6 Å². The standard InChI is InChI=1S/C11H22N2O3S/c1-7(2)8(3)12-11(16)13-9(10(14)15)5-6-17-4/h7-9H,5-6H2,1-4H3,(H,14,15)(H2,12,13,16)/t8?,9-/m1/s1. The normalized spacial score (nSPS) is 14.2. The molecule has 0 saturated heterocycles. The molecule has 0 heterocycles. The first kappa shape index (κ1) is 16.1. The second kappa shape index (κ2) is 8.22. The van der Waals surface area contributed by atoms with Crippen LogP contribution in [-0.2, 0) is 4.79 Å². The van der Waals surface area contributed by atoms with Gasteiger partial charge < -0.3 is 15.7 Å². The highest BCUT2D eigenvalue weighted by Gasteiger charge is 2.20. The lowest BCUT2D eigenvalue weighted by Crippen LogP contribution is -2.49. The number of rotatable bonds is 7. The molecule has 6 heteroatoms. The van der Waals surface area contributed by atoms with E-state index in [1.165, 1.54) is 0 Å². The summed E-state index contributed by atoms with van der Waals surface area (Å²) in [6, 6.07) is -1.22. The average Bonchev–Trinajstić information content (AvgIpc) is 2.23. The first-order valence-electron chi connectivity index (χ1n) is 5.67. The topological polar surface area (TPSA) is 78.4 Å². The number of carboxylic acid groups (broad SMARTS) is 1. The van der Waals surface area contributed by atoms with Gasteiger partial charge in [-0.1, -0.05) is 13.8 Å². The molecule has 17 heavy (non-hydrogen) atoms. The second-order valence-electron chi connectivity index (χ2n) is 4.32. The highest BCUT2D eigenvalue weighted by Crippen LogP contribution is 2.02. The Morgan fingerprint density at radius 1 is 1.24 bits per heavy atom. The van der Waals surface area contributed by atoms with Crippen LogP contribution in [0.2, 0.25) is 0 Å². The largest absolute Gasteiger partial charge is 0.480 e. The van der Waals surface area contributed by atoms with Crippen LogP contribution in [0.4, 0.5) is 4.79 Å². The van der Waals surface area contributed by atoms with Gasteiger partial charge in [0.1, 0.15) is 6.04 Å². The zero-order valence-corrected chi connectivity index (χ0v) is 11.6. The maximum atomic E-state index is 11.5. The van der Waals surface area contributed by atoms with Crippen molar-refractivity contribution >= 4 is 23.8 Å². The van der Waals surface area contributed by atoms with Gasteiger partial charge in [-0.3, -0.25) is 0 Å². The van der Waals surface area contributed by atoms with E-state index in [1.54, 1.807) is 11.8 Å². The van der Waals surface area contributed by atoms with Crippen LogP contribution in [-0.4, -0.2) is 41.2 Å². The van der Waals surface area contributed by atoms with Crippen LogP contribution >= 0.6 is 11.8 Å². The highest BCUT2D eigenvalue weighted by molar-refractivity contribution is 7.98. The SMILES string of the molecule is CSCC[C@@H](NC(=O)NC(C)C(C)C)C(=O)O. The summed E-state index contributed by atoms with van der Waals surface area (Å²) in [5.74, 6) is 0.0263. The minimum Gasteiger partial charge on any atom is -0.480 e. The molecule has 0 aromatic heterocycles. The van der Waals surface area contributed by atoms with Gasteiger partial charge in [-0.2, -0.15) is 11.8 Å². The Labute approximate surface area is 107 Å². The molecule has 5 nitrogen and oxygen atoms in total. The molecule has 1 unspecified atom stereocenters. The van der Waals surface area contributed by atoms with E-state index in [4.69, 9.17) is 5.11 Å². The summed E-state index contributed by atoms with van der Waals surface area (Å²) in [5.41, 5.74) is 0. The number of carboxylic acids is 1. The Balaban J connectivity index is 4.16. The number of thioether (sulfide) groups is 1. The average molecular weight is 262 g/mol. The van der Waals surface area contributed by atoms with Crippen LogP contribution in [0, 0.1) is 5.92 Å². The van der Waals surface area contributed by atoms with Crippen molar-refractivity contribution in [3.05, 3.63) is 0 Å². The van der Waals surface area contributed by atoms with E-state index in [-0.39, 0.29) is 6.04 Å². The molecule has 0 rings (SSSR count). The highest BCUT2D eigenvalue weighted by atomic mass is 32.2. The summed E-state index contributed by atoms with van der Waals surface area (Å²) in [5, 5.41) is 14.1. The fourth-order valence-electron chi connectivity index (χ4n) is 1.07. The van der Waals surface area contributed by atoms with Gasteiger partial charge in [0.2, 0.25) is 0 Å². The van der Waals surface area contributed by atoms with Gasteiger partial charge in [-0.05, 0) is 31.3 Å². The van der Waals surface area contributed by atoms with Crippen LogP contribution in [0.5, 0.6) is 0 Å². The molecule has 0 aliphatic heterocycles. The van der Waals surface area contributed by atoms with Gasteiger partial charge in [-0.25, -0.2) is 9.59 Å². The zero-order valence-electron chi connectivity index (χ0n) is 10.8. The Hall–Kier alpha value is -0.910. The summed E-state index contributed by atoms with van der Waals surface area (Å²) >= 11 is 1.56. The molecule has 2 amide bonds. The van der Waals surface area contributed by atoms with Crippen molar-refractivity contribution in [2.24, 2.45) is 5.92 Å². The zero-order chi connectivity index (χ0) is 13.4. The van der Waals surface area contributed by atoms with Gasteiger partial charge in [-0.15, -0.1) is 0 Å². The lowest BCUT2D eigenvalue weighted by atomic mass is 10.1. The van der Waals surface area contributed by atoms with Crippen molar-refractivity contribution < 1.29 is 14.7 Å². The molecule has 3 N–H and O–H groups in total. The van der Waals surface area contributed by atoms with E-state index >= 15 is 0 Å². The molecule has 0 aromatic carbocycles. The van der Waals surface area contributed by atoms with Crippen molar-refractivity contribution in [1.82, 2.24) is 10.6 Å². The number of aliphatic carboxylic acids is 1. The Bertz CT molecular complexity index is 259. The molecule has 0 spiro atoms. The molecule has 0 fully saturated rings. The van der Waals surface area contributed by atoms with Crippen LogP contribution in [0.1, 0.15) is 27.2 Å². The predicted octanol–water partition coefficient (Wildman–Crippen LogP) is 1.54. The number of nitrogens with one attached hydrogen (secondary N) is 2. The maximum Gasteiger partial charge on any atom is 0.326 e. The van der Waals surface area contributed by atoms with Crippen molar-refractivity contribution in [1.29, 1.82) is 0 Å². The third-order valence-electron chi connectivity index (χ3n) is 2.57. The lowest BCUT2D eigenvalue weighted by molar-refractivity contribution is -0.139. The Kier molecular flexibility index (Phi) is 7.78. The van der Waals surface area contributed by atoms with E-state index in [1.807, 2.05) is 27.0 Å². The molecule has 0 saturated carbocycles.